The van der Waals surface area contributed by atoms with Crippen molar-refractivity contribution in [1.82, 2.24) is 20.8 Å². The van der Waals surface area contributed by atoms with E-state index in [1.54, 1.807) is 30.0 Å². The molecule has 0 saturated carbocycles. The lowest BCUT2D eigenvalue weighted by Crippen LogP contribution is -2.01. The summed E-state index contributed by atoms with van der Waals surface area (Å²) >= 11 is 0. The molecule has 2 aromatic rings. The van der Waals surface area contributed by atoms with Crippen LogP contribution < -0.4 is 5.48 Å². The molecule has 0 aromatic carbocycles. The lowest BCUT2D eigenvalue weighted by molar-refractivity contribution is 0.240. The zero-order chi connectivity index (χ0) is 10.5. The minimum absolute atomic E-state index is 0.268. The Hall–Kier alpha value is -2.28. The van der Waals surface area contributed by atoms with Crippen molar-refractivity contribution < 1.29 is 9.84 Å². The van der Waals surface area contributed by atoms with E-state index in [0.29, 0.717) is 5.69 Å². The first-order chi connectivity index (χ1) is 7.42. The average Bonchev–Trinajstić information content (AvgIpc) is 2.75. The summed E-state index contributed by atoms with van der Waals surface area (Å²) in [6.07, 6.45) is 4.33. The van der Waals surface area contributed by atoms with Crippen LogP contribution in [0.15, 0.2) is 34.1 Å². The smallest absolute Gasteiger partial charge is 0.226 e. The first-order valence-corrected chi connectivity index (χ1v) is 4.07. The van der Waals surface area contributed by atoms with Crippen molar-refractivity contribution in [2.75, 3.05) is 0 Å². The van der Waals surface area contributed by atoms with E-state index in [4.69, 9.17) is 5.21 Å². The van der Waals surface area contributed by atoms with Crippen LogP contribution in [0.4, 0.5) is 5.82 Å². The molecule has 2 heterocycles. The second kappa shape index (κ2) is 4.29. The van der Waals surface area contributed by atoms with Gasteiger partial charge in [-0.05, 0) is 22.4 Å². The van der Waals surface area contributed by atoms with Crippen molar-refractivity contribution in [3.63, 3.8) is 0 Å². The van der Waals surface area contributed by atoms with Crippen molar-refractivity contribution in [1.29, 1.82) is 0 Å². The van der Waals surface area contributed by atoms with E-state index in [1.807, 2.05) is 0 Å². The fraction of sp³-hybridized carbons (Fsp3) is 0. The number of aromatic nitrogens is 3. The Morgan fingerprint density at radius 2 is 2.40 bits per heavy atom. The molecule has 0 aliphatic heterocycles. The van der Waals surface area contributed by atoms with Gasteiger partial charge in [-0.3, -0.25) is 15.7 Å². The maximum absolute atomic E-state index is 8.34. The number of rotatable bonds is 3. The molecule has 0 bridgehead atoms. The first-order valence-electron chi connectivity index (χ1n) is 4.07. The number of hydroxylamine groups is 1. The normalized spacial score (nSPS) is 10.7. The van der Waals surface area contributed by atoms with Gasteiger partial charge in [0.1, 0.15) is 6.34 Å². The van der Waals surface area contributed by atoms with E-state index in [1.165, 1.54) is 0 Å². The number of aliphatic imine (C=N–C) groups is 1. The Labute approximate surface area is 84.4 Å². The first kappa shape index (κ1) is 9.28. The summed E-state index contributed by atoms with van der Waals surface area (Å²) in [7, 11) is 0. The summed E-state index contributed by atoms with van der Waals surface area (Å²) in [6, 6.07) is 3.57. The fourth-order valence-corrected chi connectivity index (χ4v) is 1.04. The Morgan fingerprint density at radius 1 is 1.47 bits per heavy atom. The van der Waals surface area contributed by atoms with Gasteiger partial charge in [0, 0.05) is 18.0 Å². The predicted octanol–water partition coefficient (Wildman–Crippen LogP) is 0.770. The minimum atomic E-state index is 0.268. The van der Waals surface area contributed by atoms with Crippen LogP contribution in [0, 0.1) is 0 Å². The third-order valence-electron chi connectivity index (χ3n) is 1.65. The Bertz CT molecular complexity index is 453. The minimum Gasteiger partial charge on any atom is -0.290 e. The van der Waals surface area contributed by atoms with E-state index in [-0.39, 0.29) is 5.82 Å². The van der Waals surface area contributed by atoms with Crippen LogP contribution >= 0.6 is 0 Å². The van der Waals surface area contributed by atoms with Crippen LogP contribution in [-0.2, 0) is 0 Å². The topological polar surface area (TPSA) is 96.4 Å². The van der Waals surface area contributed by atoms with E-state index in [0.717, 1.165) is 11.9 Å². The molecule has 0 unspecified atom stereocenters. The predicted molar refractivity (Wildman–Crippen MR) is 50.6 cm³/mol. The van der Waals surface area contributed by atoms with Gasteiger partial charge in [0.25, 0.3) is 0 Å². The summed E-state index contributed by atoms with van der Waals surface area (Å²) in [5.41, 5.74) is 2.97. The van der Waals surface area contributed by atoms with Gasteiger partial charge in [-0.25, -0.2) is 9.62 Å². The summed E-state index contributed by atoms with van der Waals surface area (Å²) < 4.78 is 4.55. The average molecular weight is 205 g/mol. The van der Waals surface area contributed by atoms with Crippen molar-refractivity contribution in [3.8, 4) is 11.3 Å². The number of pyridine rings is 1. The largest absolute Gasteiger partial charge is 0.290 e. The number of hydrogen-bond acceptors (Lipinski definition) is 6. The van der Waals surface area contributed by atoms with Crippen LogP contribution in [0.25, 0.3) is 11.3 Å². The van der Waals surface area contributed by atoms with Gasteiger partial charge in [0.2, 0.25) is 5.82 Å². The molecule has 0 radical (unpaired) electrons. The third kappa shape index (κ3) is 1.97. The molecule has 2 rings (SSSR count). The molecule has 0 aliphatic rings. The highest BCUT2D eigenvalue weighted by Crippen LogP contribution is 2.24. The molecule has 7 heteroatoms. The number of hydrogen-bond donors (Lipinski definition) is 2. The fourth-order valence-electron chi connectivity index (χ4n) is 1.04. The second-order valence-corrected chi connectivity index (χ2v) is 2.57. The van der Waals surface area contributed by atoms with Crippen LogP contribution in [0.5, 0.6) is 0 Å². The molecule has 0 amide bonds. The van der Waals surface area contributed by atoms with Gasteiger partial charge in [-0.15, -0.1) is 0 Å². The number of nitrogens with zero attached hydrogens (tertiary/aromatic N) is 4. The maximum atomic E-state index is 8.34. The van der Waals surface area contributed by atoms with Crippen molar-refractivity contribution >= 4 is 12.2 Å². The van der Waals surface area contributed by atoms with E-state index in [2.05, 4.69) is 24.9 Å². The molecule has 0 fully saturated rings. The molecule has 0 saturated heterocycles. The molecular weight excluding hydrogens is 198 g/mol. The third-order valence-corrected chi connectivity index (χ3v) is 1.65. The van der Waals surface area contributed by atoms with Gasteiger partial charge in [-0.2, -0.15) is 0 Å². The van der Waals surface area contributed by atoms with Gasteiger partial charge in [0.15, 0.2) is 5.69 Å². The lowest BCUT2D eigenvalue weighted by atomic mass is 10.2. The zero-order valence-electron chi connectivity index (χ0n) is 7.53. The Kier molecular flexibility index (Phi) is 2.65. The standard InChI is InChI=1S/C8H7N5O2/c14-11-5-10-8-7(12-15-13-8)6-2-1-3-9-4-6/h1-5,14H,(H,10,11,13). The lowest BCUT2D eigenvalue weighted by Gasteiger charge is -1.93. The number of nitrogens with one attached hydrogen (secondary N) is 1. The molecule has 2 aromatic heterocycles. The van der Waals surface area contributed by atoms with Gasteiger partial charge >= 0.3 is 0 Å². The van der Waals surface area contributed by atoms with Crippen LogP contribution in [0.2, 0.25) is 0 Å². The summed E-state index contributed by atoms with van der Waals surface area (Å²) in [6.45, 7) is 0. The molecule has 0 spiro atoms. The molecule has 76 valence electrons. The summed E-state index contributed by atoms with van der Waals surface area (Å²) in [5.74, 6) is 0.268. The molecule has 0 aliphatic carbocycles. The molecule has 15 heavy (non-hydrogen) atoms. The van der Waals surface area contributed by atoms with Crippen molar-refractivity contribution in [2.24, 2.45) is 4.99 Å². The van der Waals surface area contributed by atoms with Crippen LogP contribution in [0.1, 0.15) is 0 Å². The maximum Gasteiger partial charge on any atom is 0.226 e. The van der Waals surface area contributed by atoms with Crippen LogP contribution in [0.3, 0.4) is 0 Å². The van der Waals surface area contributed by atoms with E-state index in [9.17, 15) is 0 Å². The second-order valence-electron chi connectivity index (χ2n) is 2.57. The van der Waals surface area contributed by atoms with Gasteiger partial charge < -0.3 is 0 Å². The highest BCUT2D eigenvalue weighted by atomic mass is 16.6. The highest BCUT2D eigenvalue weighted by molar-refractivity contribution is 5.71. The van der Waals surface area contributed by atoms with Gasteiger partial charge in [-0.1, -0.05) is 0 Å². The molecule has 2 N–H and O–H groups in total. The Morgan fingerprint density at radius 3 is 3.13 bits per heavy atom. The van der Waals surface area contributed by atoms with Crippen molar-refractivity contribution in [2.45, 2.75) is 0 Å². The molecule has 7 nitrogen and oxygen atoms in total. The molecule has 0 atom stereocenters. The summed E-state index contributed by atoms with van der Waals surface area (Å²) in [4.78, 5) is 7.72. The highest BCUT2D eigenvalue weighted by Gasteiger charge is 2.10. The zero-order valence-corrected chi connectivity index (χ0v) is 7.53. The Balaban J connectivity index is 2.37. The van der Waals surface area contributed by atoms with Crippen LogP contribution in [-0.4, -0.2) is 26.8 Å². The summed E-state index contributed by atoms with van der Waals surface area (Å²) in [5, 5.41) is 15.6. The monoisotopic (exact) mass is 205 g/mol. The van der Waals surface area contributed by atoms with Crippen molar-refractivity contribution in [3.05, 3.63) is 24.5 Å². The quantitative estimate of drug-likeness (QED) is 0.436. The van der Waals surface area contributed by atoms with E-state index >= 15 is 0 Å². The van der Waals surface area contributed by atoms with Gasteiger partial charge in [0.05, 0.1) is 0 Å². The molecular formula is C8H7N5O2. The van der Waals surface area contributed by atoms with E-state index < -0.39 is 0 Å². The SMILES string of the molecule is ONC=Nc1nonc1-c1cccnc1.